The molecule has 0 aliphatic carbocycles. The van der Waals surface area contributed by atoms with Crippen LogP contribution in [0.1, 0.15) is 25.3 Å². The van der Waals surface area contributed by atoms with Crippen LogP contribution in [0.15, 0.2) is 30.3 Å². The van der Waals surface area contributed by atoms with Crippen molar-refractivity contribution < 1.29 is 14.4 Å². The van der Waals surface area contributed by atoms with E-state index in [0.29, 0.717) is 32.5 Å². The van der Waals surface area contributed by atoms with Crippen LogP contribution in [0.4, 0.5) is 0 Å². The Balaban J connectivity index is 2.07. The average molecular weight is 472 g/mol. The fraction of sp³-hybridized carbons (Fsp3) is 0.500. The van der Waals surface area contributed by atoms with Gasteiger partial charge in [-0.15, -0.1) is 0 Å². The predicted octanol–water partition coefficient (Wildman–Crippen LogP) is 0.781. The van der Waals surface area contributed by atoms with Gasteiger partial charge in [-0.25, -0.2) is 0 Å². The number of nitrogens with one attached hydrogen (secondary N) is 3. The summed E-state index contributed by atoms with van der Waals surface area (Å²) >= 11 is 2.02. The lowest BCUT2D eigenvalue weighted by Crippen LogP contribution is -2.54. The van der Waals surface area contributed by atoms with Gasteiger partial charge in [-0.3, -0.25) is 17.9 Å². The number of nitrogens with zero attached hydrogens (tertiary/aromatic N) is 1. The lowest BCUT2D eigenvalue weighted by atomic mass is 10.0. The first-order valence-electron chi connectivity index (χ1n) is 8.75. The number of amides is 3. The van der Waals surface area contributed by atoms with Gasteiger partial charge < -0.3 is 15.5 Å². The first-order chi connectivity index (χ1) is 12.5. The smallest absolute Gasteiger partial charge is 0.246 e. The topological polar surface area (TPSA) is 90.5 Å². The highest BCUT2D eigenvalue weighted by atomic mass is 127. The molecule has 2 unspecified atom stereocenters. The minimum Gasteiger partial charge on any atom is -0.353 e. The molecule has 3 amide bonds. The molecular weight excluding hydrogens is 447 g/mol. The second kappa shape index (κ2) is 10.5. The molecule has 8 heteroatoms. The quantitative estimate of drug-likeness (QED) is 0.297. The van der Waals surface area contributed by atoms with E-state index in [1.807, 2.05) is 53.2 Å². The molecule has 26 heavy (non-hydrogen) atoms. The molecule has 1 aliphatic rings. The van der Waals surface area contributed by atoms with Crippen LogP contribution < -0.4 is 14.2 Å². The maximum absolute atomic E-state index is 13.0. The lowest BCUT2D eigenvalue weighted by Gasteiger charge is -2.28. The van der Waals surface area contributed by atoms with Crippen LogP contribution in [0, 0.1) is 0 Å². The summed E-state index contributed by atoms with van der Waals surface area (Å²) in [4.78, 5) is 38.7. The Bertz CT molecular complexity index is 626. The fourth-order valence-corrected chi connectivity index (χ4v) is 3.42. The van der Waals surface area contributed by atoms with Gasteiger partial charge in [0.2, 0.25) is 17.7 Å². The van der Waals surface area contributed by atoms with E-state index in [4.69, 9.17) is 0 Å². The van der Waals surface area contributed by atoms with E-state index < -0.39 is 12.1 Å². The van der Waals surface area contributed by atoms with Crippen molar-refractivity contribution in [1.29, 1.82) is 0 Å². The van der Waals surface area contributed by atoms with Gasteiger partial charge in [0.05, 0.1) is 0 Å². The maximum atomic E-state index is 13.0. The Morgan fingerprint density at radius 2 is 1.96 bits per heavy atom. The Morgan fingerprint density at radius 3 is 2.62 bits per heavy atom. The van der Waals surface area contributed by atoms with Gasteiger partial charge in [-0.05, 0) is 18.4 Å². The molecule has 3 N–H and O–H groups in total. The molecule has 2 atom stereocenters. The highest BCUT2D eigenvalue weighted by molar-refractivity contribution is 14.1. The van der Waals surface area contributed by atoms with Gasteiger partial charge >= 0.3 is 0 Å². The summed E-state index contributed by atoms with van der Waals surface area (Å²) in [7, 11) is 0. The molecule has 1 saturated heterocycles. The third kappa shape index (κ3) is 5.94. The molecule has 0 spiro atoms. The van der Waals surface area contributed by atoms with Gasteiger partial charge in [0.15, 0.2) is 0 Å². The molecule has 7 nitrogen and oxygen atoms in total. The second-order valence-electron chi connectivity index (χ2n) is 6.31. The highest BCUT2D eigenvalue weighted by Crippen LogP contribution is 2.19. The number of rotatable bonds is 8. The summed E-state index contributed by atoms with van der Waals surface area (Å²) < 4.78 is 2.94. The van der Waals surface area contributed by atoms with Crippen LogP contribution in [-0.2, 0) is 20.8 Å². The Hall–Kier alpha value is -1.68. The Labute approximate surface area is 167 Å². The molecular formula is C18H25IN4O3. The van der Waals surface area contributed by atoms with Gasteiger partial charge in [-0.1, -0.05) is 30.3 Å². The highest BCUT2D eigenvalue weighted by Gasteiger charge is 2.37. The average Bonchev–Trinajstić information content (AvgIpc) is 3.11. The van der Waals surface area contributed by atoms with E-state index in [-0.39, 0.29) is 17.7 Å². The molecule has 2 rings (SSSR count). The molecule has 1 fully saturated rings. The third-order valence-corrected chi connectivity index (χ3v) is 4.85. The van der Waals surface area contributed by atoms with Crippen LogP contribution in [0.5, 0.6) is 0 Å². The van der Waals surface area contributed by atoms with Crippen LogP contribution >= 0.6 is 22.9 Å². The van der Waals surface area contributed by atoms with E-state index in [1.54, 1.807) is 4.90 Å². The first-order valence-corrected chi connectivity index (χ1v) is 9.83. The minimum absolute atomic E-state index is 0.135. The summed E-state index contributed by atoms with van der Waals surface area (Å²) in [5.74, 6) is -0.592. The minimum atomic E-state index is -0.667. The van der Waals surface area contributed by atoms with Crippen molar-refractivity contribution in [3.8, 4) is 0 Å². The van der Waals surface area contributed by atoms with Gasteiger partial charge in [0, 0.05) is 55.8 Å². The van der Waals surface area contributed by atoms with Gasteiger partial charge in [-0.2, -0.15) is 0 Å². The van der Waals surface area contributed by atoms with E-state index >= 15 is 0 Å². The molecule has 0 radical (unpaired) electrons. The van der Waals surface area contributed by atoms with Gasteiger partial charge in [0.25, 0.3) is 0 Å². The zero-order chi connectivity index (χ0) is 18.9. The first kappa shape index (κ1) is 20.6. The molecule has 142 valence electrons. The molecule has 0 aromatic heterocycles. The van der Waals surface area contributed by atoms with E-state index in [9.17, 15) is 14.4 Å². The van der Waals surface area contributed by atoms with Crippen molar-refractivity contribution in [3.63, 3.8) is 0 Å². The Kier molecular flexibility index (Phi) is 8.30. The van der Waals surface area contributed by atoms with Crippen molar-refractivity contribution in [2.75, 3.05) is 19.6 Å². The fourth-order valence-electron chi connectivity index (χ4n) is 3.15. The van der Waals surface area contributed by atoms with E-state index in [1.165, 1.54) is 6.92 Å². The third-order valence-electron chi connectivity index (χ3n) is 4.32. The molecule has 1 aliphatic heterocycles. The van der Waals surface area contributed by atoms with Crippen LogP contribution in [0.2, 0.25) is 0 Å². The van der Waals surface area contributed by atoms with Crippen molar-refractivity contribution in [3.05, 3.63) is 35.9 Å². The zero-order valence-electron chi connectivity index (χ0n) is 14.8. The summed E-state index contributed by atoms with van der Waals surface area (Å²) in [5, 5.41) is 5.60. The van der Waals surface area contributed by atoms with E-state index in [0.717, 1.165) is 12.0 Å². The summed E-state index contributed by atoms with van der Waals surface area (Å²) in [6.45, 7) is 3.11. The van der Waals surface area contributed by atoms with E-state index in [2.05, 4.69) is 14.2 Å². The molecule has 1 aromatic rings. The number of hydrogen-bond donors (Lipinski definition) is 3. The SMILES string of the molecule is CC(=O)NC(Cc1ccccc1)C(=O)N1CCCC1C(=O)NCCNI. The molecule has 0 bridgehead atoms. The van der Waals surface area contributed by atoms with Crippen LogP contribution in [0.25, 0.3) is 0 Å². The monoisotopic (exact) mass is 472 g/mol. The number of carbonyl (C=O) groups is 3. The molecule has 1 aromatic carbocycles. The molecule has 0 saturated carbocycles. The number of halogens is 1. The lowest BCUT2D eigenvalue weighted by molar-refractivity contribution is -0.141. The molecule has 1 heterocycles. The van der Waals surface area contributed by atoms with Crippen LogP contribution in [-0.4, -0.2) is 54.3 Å². The number of carbonyl (C=O) groups excluding carboxylic acids is 3. The van der Waals surface area contributed by atoms with Crippen molar-refractivity contribution in [1.82, 2.24) is 19.1 Å². The van der Waals surface area contributed by atoms with Crippen LogP contribution in [0.3, 0.4) is 0 Å². The standard InChI is InChI=1S/C18H25IN4O3/c1-13(24)22-15(12-14-6-3-2-4-7-14)18(26)23-11-5-8-16(23)17(25)20-9-10-21-19/h2-4,6-7,15-16,21H,5,8-12H2,1H3,(H,20,25)(H,22,24). The second-order valence-corrected chi connectivity index (χ2v) is 7.07. The van der Waals surface area contributed by atoms with Crippen molar-refractivity contribution in [2.24, 2.45) is 0 Å². The summed E-state index contributed by atoms with van der Waals surface area (Å²) in [5.41, 5.74) is 0.966. The van der Waals surface area contributed by atoms with Crippen molar-refractivity contribution >= 4 is 40.6 Å². The van der Waals surface area contributed by atoms with Crippen molar-refractivity contribution in [2.45, 2.75) is 38.3 Å². The summed E-state index contributed by atoms with van der Waals surface area (Å²) in [6.07, 6.45) is 1.84. The number of likely N-dealkylation sites (tertiary alicyclic amines) is 1. The maximum Gasteiger partial charge on any atom is 0.246 e. The predicted molar refractivity (Wildman–Crippen MR) is 108 cm³/mol. The zero-order valence-corrected chi connectivity index (χ0v) is 17.0. The number of benzene rings is 1. The largest absolute Gasteiger partial charge is 0.353 e. The number of hydrogen-bond acceptors (Lipinski definition) is 4. The Morgan fingerprint density at radius 1 is 1.23 bits per heavy atom. The normalized spacial score (nSPS) is 17.6. The summed E-state index contributed by atoms with van der Waals surface area (Å²) in [6, 6.07) is 8.42. The van der Waals surface area contributed by atoms with Gasteiger partial charge in [0.1, 0.15) is 12.1 Å².